The van der Waals surface area contributed by atoms with Gasteiger partial charge in [0.2, 0.25) is 11.8 Å². The Morgan fingerprint density at radius 3 is 2.46 bits per heavy atom. The highest BCUT2D eigenvalue weighted by atomic mass is 32.2. The third kappa shape index (κ3) is 4.17. The van der Waals surface area contributed by atoms with Crippen LogP contribution in [0.15, 0.2) is 53.4 Å². The molecule has 1 aliphatic heterocycles. The van der Waals surface area contributed by atoms with E-state index in [0.29, 0.717) is 24.5 Å². The van der Waals surface area contributed by atoms with Crippen LogP contribution in [0, 0.1) is 0 Å². The van der Waals surface area contributed by atoms with Crippen LogP contribution in [0.4, 0.5) is 5.69 Å². The number of amides is 2. The molecule has 28 heavy (non-hydrogen) atoms. The number of fused-ring (bicyclic) bond motifs is 1. The maximum Gasteiger partial charge on any atom is 0.238 e. The normalized spacial score (nSPS) is 17.0. The van der Waals surface area contributed by atoms with Crippen LogP contribution in [-0.4, -0.2) is 32.1 Å². The van der Waals surface area contributed by atoms with Crippen LogP contribution in [0.2, 0.25) is 0 Å². The first-order valence-corrected chi connectivity index (χ1v) is 10.5. The van der Waals surface area contributed by atoms with Gasteiger partial charge in [-0.15, -0.1) is 0 Å². The van der Waals surface area contributed by atoms with Gasteiger partial charge in [0.25, 0.3) is 0 Å². The molecular weight excluding hydrogens is 380 g/mol. The van der Waals surface area contributed by atoms with Crippen molar-refractivity contribution in [2.24, 2.45) is 0 Å². The molecule has 2 aromatic rings. The molecule has 148 valence electrons. The fourth-order valence-electron chi connectivity index (χ4n) is 3.06. The van der Waals surface area contributed by atoms with Crippen molar-refractivity contribution in [2.75, 3.05) is 11.9 Å². The van der Waals surface area contributed by atoms with E-state index in [2.05, 4.69) is 10.6 Å². The standard InChI is InChI=1S/C20H22N2O5S/c1-13(28(25,26)16-9-7-15(8-10-16)21-14(2)23)20(24)22-18-11-12-27-19-6-4-3-5-17(18)19/h3-10,13,18H,11-12H2,1-2H3,(H,21,23)(H,22,24)/t13-,18-/m0/s1. The van der Waals surface area contributed by atoms with Gasteiger partial charge in [-0.3, -0.25) is 9.59 Å². The molecule has 3 rings (SSSR count). The van der Waals surface area contributed by atoms with E-state index in [1.807, 2.05) is 24.3 Å². The largest absolute Gasteiger partial charge is 0.493 e. The summed E-state index contributed by atoms with van der Waals surface area (Å²) in [5, 5.41) is 4.15. The van der Waals surface area contributed by atoms with E-state index in [0.717, 1.165) is 5.56 Å². The van der Waals surface area contributed by atoms with E-state index in [-0.39, 0.29) is 16.8 Å². The number of hydrogen-bond acceptors (Lipinski definition) is 5. The molecule has 2 N–H and O–H groups in total. The second-order valence-electron chi connectivity index (χ2n) is 6.63. The van der Waals surface area contributed by atoms with E-state index in [1.54, 1.807) is 0 Å². The Kier molecular flexibility index (Phi) is 5.69. The summed E-state index contributed by atoms with van der Waals surface area (Å²) < 4.78 is 31.2. The van der Waals surface area contributed by atoms with Crippen molar-refractivity contribution in [3.8, 4) is 5.75 Å². The second kappa shape index (κ2) is 8.02. The van der Waals surface area contributed by atoms with Crippen molar-refractivity contribution in [1.29, 1.82) is 0 Å². The topological polar surface area (TPSA) is 102 Å². The van der Waals surface area contributed by atoms with Crippen molar-refractivity contribution in [1.82, 2.24) is 5.32 Å². The highest BCUT2D eigenvalue weighted by molar-refractivity contribution is 7.92. The molecule has 2 amide bonds. The zero-order chi connectivity index (χ0) is 20.3. The fourth-order valence-corrected chi connectivity index (χ4v) is 4.33. The van der Waals surface area contributed by atoms with Gasteiger partial charge in [-0.1, -0.05) is 18.2 Å². The lowest BCUT2D eigenvalue weighted by molar-refractivity contribution is -0.121. The third-order valence-corrected chi connectivity index (χ3v) is 6.69. The molecule has 0 bridgehead atoms. The van der Waals surface area contributed by atoms with E-state index in [9.17, 15) is 18.0 Å². The number of ether oxygens (including phenoxy) is 1. The molecule has 1 heterocycles. The van der Waals surface area contributed by atoms with Gasteiger partial charge in [-0.25, -0.2) is 8.42 Å². The van der Waals surface area contributed by atoms with E-state index >= 15 is 0 Å². The van der Waals surface area contributed by atoms with Crippen LogP contribution in [0.3, 0.4) is 0 Å². The number of carbonyl (C=O) groups excluding carboxylic acids is 2. The number of rotatable bonds is 5. The second-order valence-corrected chi connectivity index (χ2v) is 8.90. The fraction of sp³-hybridized carbons (Fsp3) is 0.300. The van der Waals surface area contributed by atoms with Gasteiger partial charge >= 0.3 is 0 Å². The van der Waals surface area contributed by atoms with Crippen molar-refractivity contribution in [3.05, 3.63) is 54.1 Å². The number of para-hydroxylation sites is 1. The highest BCUT2D eigenvalue weighted by Gasteiger charge is 2.32. The predicted molar refractivity (Wildman–Crippen MR) is 105 cm³/mol. The Hall–Kier alpha value is -2.87. The summed E-state index contributed by atoms with van der Waals surface area (Å²) in [5.41, 5.74) is 1.33. The lowest BCUT2D eigenvalue weighted by Crippen LogP contribution is -2.41. The van der Waals surface area contributed by atoms with E-state index < -0.39 is 21.0 Å². The van der Waals surface area contributed by atoms with Crippen molar-refractivity contribution in [3.63, 3.8) is 0 Å². The average molecular weight is 402 g/mol. The van der Waals surface area contributed by atoms with Gasteiger partial charge in [0.1, 0.15) is 11.0 Å². The molecule has 0 aromatic heterocycles. The summed E-state index contributed by atoms with van der Waals surface area (Å²) in [6.45, 7) is 3.19. The SMILES string of the molecule is CC(=O)Nc1ccc(S(=O)(=O)[C@@H](C)C(=O)N[C@H]2CCOc3ccccc32)cc1. The lowest BCUT2D eigenvalue weighted by atomic mass is 10.0. The molecule has 0 radical (unpaired) electrons. The summed E-state index contributed by atoms with van der Waals surface area (Å²) in [6, 6.07) is 12.8. The number of nitrogens with one attached hydrogen (secondary N) is 2. The molecule has 0 saturated heterocycles. The maximum absolute atomic E-state index is 12.8. The number of anilines is 1. The minimum atomic E-state index is -3.87. The Bertz CT molecular complexity index is 986. The summed E-state index contributed by atoms with van der Waals surface area (Å²) in [4.78, 5) is 23.8. The van der Waals surface area contributed by atoms with E-state index in [4.69, 9.17) is 4.74 Å². The number of benzene rings is 2. The zero-order valence-corrected chi connectivity index (χ0v) is 16.5. The molecule has 2 aromatic carbocycles. The van der Waals surface area contributed by atoms with Crippen molar-refractivity contribution < 1.29 is 22.7 Å². The van der Waals surface area contributed by atoms with Crippen LogP contribution in [0.1, 0.15) is 31.9 Å². The molecular formula is C20H22N2O5S. The number of sulfone groups is 1. The van der Waals surface area contributed by atoms with Crippen LogP contribution in [-0.2, 0) is 19.4 Å². The van der Waals surface area contributed by atoms with Crippen LogP contribution < -0.4 is 15.4 Å². The summed E-state index contributed by atoms with van der Waals surface area (Å²) in [6.07, 6.45) is 0.570. The molecule has 0 unspecified atom stereocenters. The van der Waals surface area contributed by atoms with Crippen LogP contribution in [0.5, 0.6) is 5.75 Å². The molecule has 0 fully saturated rings. The maximum atomic E-state index is 12.8. The monoisotopic (exact) mass is 402 g/mol. The third-order valence-electron chi connectivity index (χ3n) is 4.61. The summed E-state index contributed by atoms with van der Waals surface area (Å²) >= 11 is 0. The zero-order valence-electron chi connectivity index (χ0n) is 15.6. The molecule has 8 heteroatoms. The first-order chi connectivity index (χ1) is 13.3. The highest BCUT2D eigenvalue weighted by Crippen LogP contribution is 2.31. The van der Waals surface area contributed by atoms with E-state index in [1.165, 1.54) is 38.1 Å². The molecule has 0 spiro atoms. The lowest BCUT2D eigenvalue weighted by Gasteiger charge is -2.27. The molecule has 0 saturated carbocycles. The molecule has 2 atom stereocenters. The minimum Gasteiger partial charge on any atom is -0.493 e. The van der Waals surface area contributed by atoms with Gasteiger partial charge in [0.15, 0.2) is 9.84 Å². The first-order valence-electron chi connectivity index (χ1n) is 8.92. The van der Waals surface area contributed by atoms with Gasteiger partial charge in [0, 0.05) is 24.6 Å². The number of hydrogen-bond donors (Lipinski definition) is 2. The Balaban J connectivity index is 1.74. The van der Waals surface area contributed by atoms with Gasteiger partial charge in [-0.05, 0) is 37.3 Å². The van der Waals surface area contributed by atoms with Crippen molar-refractivity contribution in [2.45, 2.75) is 36.5 Å². The Labute approximate surface area is 164 Å². The average Bonchev–Trinajstić information content (AvgIpc) is 2.67. The predicted octanol–water partition coefficient (Wildman–Crippen LogP) is 2.45. The van der Waals surface area contributed by atoms with Gasteiger partial charge in [-0.2, -0.15) is 0 Å². The smallest absolute Gasteiger partial charge is 0.238 e. The van der Waals surface area contributed by atoms with Gasteiger partial charge in [0.05, 0.1) is 17.5 Å². The minimum absolute atomic E-state index is 0.0247. The number of carbonyl (C=O) groups is 2. The quantitative estimate of drug-likeness (QED) is 0.800. The van der Waals surface area contributed by atoms with Crippen LogP contribution >= 0.6 is 0 Å². The van der Waals surface area contributed by atoms with Crippen molar-refractivity contribution >= 4 is 27.3 Å². The Morgan fingerprint density at radius 1 is 1.11 bits per heavy atom. The molecule has 7 nitrogen and oxygen atoms in total. The van der Waals surface area contributed by atoms with Gasteiger partial charge < -0.3 is 15.4 Å². The Morgan fingerprint density at radius 2 is 1.79 bits per heavy atom. The summed E-state index contributed by atoms with van der Waals surface area (Å²) in [7, 11) is -3.87. The summed E-state index contributed by atoms with van der Waals surface area (Å²) in [5.74, 6) is -0.115. The van der Waals surface area contributed by atoms with Crippen LogP contribution in [0.25, 0.3) is 0 Å². The molecule has 0 aliphatic carbocycles. The first kappa shape index (κ1) is 19.9. The molecule has 1 aliphatic rings.